The molecule has 0 amide bonds. The van der Waals surface area contributed by atoms with Crippen molar-refractivity contribution in [3.8, 4) is 71.7 Å². The highest BCUT2D eigenvalue weighted by Crippen LogP contribution is 2.51. The second kappa shape index (κ2) is 13.1. The van der Waals surface area contributed by atoms with Gasteiger partial charge < -0.3 is 0 Å². The number of hydrogen-bond donors (Lipinski definition) is 0. The Labute approximate surface area is 335 Å². The zero-order chi connectivity index (χ0) is 38.1. The van der Waals surface area contributed by atoms with Crippen molar-refractivity contribution in [2.45, 2.75) is 19.3 Å². The van der Waals surface area contributed by atoms with Crippen molar-refractivity contribution in [3.05, 3.63) is 193 Å². The van der Waals surface area contributed by atoms with Gasteiger partial charge in [0.25, 0.3) is 0 Å². The van der Waals surface area contributed by atoms with Gasteiger partial charge in [0.1, 0.15) is 0 Å². The first-order valence-corrected chi connectivity index (χ1v) is 20.2. The van der Waals surface area contributed by atoms with Gasteiger partial charge in [-0.2, -0.15) is 0 Å². The maximum absolute atomic E-state index is 5.34. The lowest BCUT2D eigenvalue weighted by Crippen LogP contribution is -2.15. The molecule has 0 bridgehead atoms. The van der Waals surface area contributed by atoms with Gasteiger partial charge in [-0.15, -0.1) is 11.3 Å². The van der Waals surface area contributed by atoms with E-state index in [0.29, 0.717) is 5.95 Å². The van der Waals surface area contributed by atoms with Gasteiger partial charge in [0.15, 0.2) is 0 Å². The van der Waals surface area contributed by atoms with Gasteiger partial charge in [-0.25, -0.2) is 9.97 Å². The first-order chi connectivity index (χ1) is 28.0. The molecule has 0 aliphatic heterocycles. The van der Waals surface area contributed by atoms with Crippen molar-refractivity contribution >= 4 is 33.1 Å². The molecule has 4 heterocycles. The molecule has 0 atom stereocenters. The SMILES string of the molecule is CC1(C)c2ccccc2-c2cc3c4cc(-c5ccc(-c6cccc(-c7ccccn7)c6)s5)ccc4n(-c4nc(-c5ccccc5)cc(-c5ccccc5)n4)c3cc21. The fourth-order valence-corrected chi connectivity index (χ4v) is 9.64. The van der Waals surface area contributed by atoms with Crippen LogP contribution in [0.3, 0.4) is 0 Å². The minimum atomic E-state index is -0.157. The first kappa shape index (κ1) is 33.4. The molecular formula is C52H36N4S. The Hall–Kier alpha value is -6.95. The first-order valence-electron chi connectivity index (χ1n) is 19.3. The highest BCUT2D eigenvalue weighted by Gasteiger charge is 2.36. The lowest BCUT2D eigenvalue weighted by atomic mass is 9.82. The van der Waals surface area contributed by atoms with Crippen LogP contribution >= 0.6 is 11.3 Å². The number of rotatable bonds is 6. The molecular weight excluding hydrogens is 713 g/mol. The Morgan fingerprint density at radius 3 is 1.79 bits per heavy atom. The highest BCUT2D eigenvalue weighted by molar-refractivity contribution is 7.18. The quantitative estimate of drug-likeness (QED) is 0.170. The number of aromatic nitrogens is 4. The van der Waals surface area contributed by atoms with Gasteiger partial charge in [0.05, 0.1) is 28.1 Å². The normalized spacial score (nSPS) is 12.9. The minimum Gasteiger partial charge on any atom is -0.278 e. The standard InChI is InChI=1S/C52H36N4S/c1-52(2)42-21-10-9-20-38(42)39-30-41-40-29-37(50-26-25-49(57-50)36-19-13-18-35(28-36)44-22-11-12-27-53-44)23-24-47(40)56(48(41)31-43(39)52)51-54-45(33-14-5-3-6-15-33)32-46(55-51)34-16-7-4-8-17-34/h3-32H,1-2H3. The largest absolute Gasteiger partial charge is 0.278 e. The van der Waals surface area contributed by atoms with Crippen LogP contribution in [-0.2, 0) is 5.41 Å². The van der Waals surface area contributed by atoms with E-state index in [1.54, 1.807) is 0 Å². The third-order valence-electron chi connectivity index (χ3n) is 11.5. The van der Waals surface area contributed by atoms with Crippen LogP contribution in [0.15, 0.2) is 182 Å². The van der Waals surface area contributed by atoms with Crippen LogP contribution < -0.4 is 0 Å². The molecule has 10 aromatic rings. The molecule has 5 heteroatoms. The number of thiophene rings is 1. The van der Waals surface area contributed by atoms with Crippen molar-refractivity contribution in [2.24, 2.45) is 0 Å². The van der Waals surface area contributed by atoms with Gasteiger partial charge in [0.2, 0.25) is 5.95 Å². The summed E-state index contributed by atoms with van der Waals surface area (Å²) < 4.78 is 2.29. The van der Waals surface area contributed by atoms with Crippen molar-refractivity contribution in [2.75, 3.05) is 0 Å². The number of nitrogens with zero attached hydrogens (tertiary/aromatic N) is 4. The van der Waals surface area contributed by atoms with Crippen LogP contribution in [0, 0.1) is 0 Å². The molecule has 0 radical (unpaired) electrons. The molecule has 4 nitrogen and oxygen atoms in total. The second-order valence-corrected chi connectivity index (χ2v) is 16.4. The van der Waals surface area contributed by atoms with E-state index < -0.39 is 0 Å². The molecule has 0 N–H and O–H groups in total. The average molecular weight is 749 g/mol. The van der Waals surface area contributed by atoms with E-state index in [0.717, 1.165) is 44.8 Å². The van der Waals surface area contributed by atoms with Gasteiger partial charge in [-0.05, 0) is 94.0 Å². The third kappa shape index (κ3) is 5.54. The van der Waals surface area contributed by atoms with Crippen LogP contribution in [0.2, 0.25) is 0 Å². The number of pyridine rings is 1. The van der Waals surface area contributed by atoms with Crippen LogP contribution in [0.4, 0.5) is 0 Å². The van der Waals surface area contributed by atoms with Crippen LogP contribution in [0.25, 0.3) is 93.5 Å². The summed E-state index contributed by atoms with van der Waals surface area (Å²) in [5, 5.41) is 2.36. The fourth-order valence-electron chi connectivity index (χ4n) is 8.64. The maximum Gasteiger partial charge on any atom is 0.235 e. The molecule has 6 aromatic carbocycles. The Morgan fingerprint density at radius 1 is 0.439 bits per heavy atom. The minimum absolute atomic E-state index is 0.157. The monoisotopic (exact) mass is 748 g/mol. The Balaban J connectivity index is 1.13. The predicted molar refractivity (Wildman–Crippen MR) is 237 cm³/mol. The molecule has 0 fully saturated rings. The molecule has 0 spiro atoms. The zero-order valence-corrected chi connectivity index (χ0v) is 32.3. The second-order valence-electron chi connectivity index (χ2n) is 15.3. The smallest absolute Gasteiger partial charge is 0.235 e. The van der Waals surface area contributed by atoms with E-state index >= 15 is 0 Å². The highest BCUT2D eigenvalue weighted by atomic mass is 32.1. The van der Waals surface area contributed by atoms with E-state index in [1.807, 2.05) is 41.8 Å². The Kier molecular flexibility index (Phi) is 7.66. The molecule has 270 valence electrons. The summed E-state index contributed by atoms with van der Waals surface area (Å²) in [7, 11) is 0. The topological polar surface area (TPSA) is 43.6 Å². The van der Waals surface area contributed by atoms with Crippen molar-refractivity contribution < 1.29 is 0 Å². The lowest BCUT2D eigenvalue weighted by molar-refractivity contribution is 0.661. The lowest BCUT2D eigenvalue weighted by Gasteiger charge is -2.21. The van der Waals surface area contributed by atoms with Gasteiger partial charge in [0, 0.05) is 48.8 Å². The summed E-state index contributed by atoms with van der Waals surface area (Å²) in [6.45, 7) is 4.68. The molecule has 57 heavy (non-hydrogen) atoms. The fraction of sp³-hybridized carbons (Fsp3) is 0.0577. The van der Waals surface area contributed by atoms with Crippen molar-refractivity contribution in [1.82, 2.24) is 19.5 Å². The Morgan fingerprint density at radius 2 is 1.07 bits per heavy atom. The van der Waals surface area contributed by atoms with E-state index in [4.69, 9.17) is 9.97 Å². The van der Waals surface area contributed by atoms with Gasteiger partial charge >= 0.3 is 0 Å². The summed E-state index contributed by atoms with van der Waals surface area (Å²) >= 11 is 1.82. The van der Waals surface area contributed by atoms with Crippen molar-refractivity contribution in [1.29, 1.82) is 0 Å². The Bertz CT molecular complexity index is 3080. The maximum atomic E-state index is 5.34. The van der Waals surface area contributed by atoms with E-state index in [1.165, 1.54) is 53.9 Å². The molecule has 1 aliphatic carbocycles. The summed E-state index contributed by atoms with van der Waals surface area (Å²) in [6.07, 6.45) is 1.85. The summed E-state index contributed by atoms with van der Waals surface area (Å²) in [5.41, 5.74) is 15.6. The molecule has 11 rings (SSSR count). The summed E-state index contributed by atoms with van der Waals surface area (Å²) in [5.74, 6) is 0.655. The number of hydrogen-bond acceptors (Lipinski definition) is 4. The van der Waals surface area contributed by atoms with E-state index in [9.17, 15) is 0 Å². The van der Waals surface area contributed by atoms with Crippen LogP contribution in [-0.4, -0.2) is 19.5 Å². The molecule has 0 saturated heterocycles. The van der Waals surface area contributed by atoms with Crippen LogP contribution in [0.5, 0.6) is 0 Å². The number of benzene rings is 6. The molecule has 0 unspecified atom stereocenters. The van der Waals surface area contributed by atoms with Crippen molar-refractivity contribution in [3.63, 3.8) is 0 Å². The van der Waals surface area contributed by atoms with Gasteiger partial charge in [-0.1, -0.05) is 129 Å². The van der Waals surface area contributed by atoms with Gasteiger partial charge in [-0.3, -0.25) is 9.55 Å². The summed E-state index contributed by atoms with van der Waals surface area (Å²) in [4.78, 5) is 17.7. The third-order valence-corrected chi connectivity index (χ3v) is 12.7. The average Bonchev–Trinajstić information content (AvgIpc) is 3.95. The van der Waals surface area contributed by atoms with E-state index in [2.05, 4.69) is 175 Å². The number of fused-ring (bicyclic) bond motifs is 6. The molecule has 4 aromatic heterocycles. The van der Waals surface area contributed by atoms with E-state index in [-0.39, 0.29) is 5.41 Å². The molecule has 0 saturated carbocycles. The predicted octanol–water partition coefficient (Wildman–Crippen LogP) is 13.7. The zero-order valence-electron chi connectivity index (χ0n) is 31.5. The van der Waals surface area contributed by atoms with Crippen LogP contribution in [0.1, 0.15) is 25.0 Å². The molecule has 1 aliphatic rings. The summed E-state index contributed by atoms with van der Waals surface area (Å²) in [6, 6.07) is 62.7.